The lowest BCUT2D eigenvalue weighted by Crippen LogP contribution is -2.37. The Balaban J connectivity index is 1.43. The molecule has 0 radical (unpaired) electrons. The quantitative estimate of drug-likeness (QED) is 0.747. The summed E-state index contributed by atoms with van der Waals surface area (Å²) in [5.41, 5.74) is 2.84. The van der Waals surface area contributed by atoms with Crippen LogP contribution in [0.15, 0.2) is 35.9 Å². The van der Waals surface area contributed by atoms with Crippen LogP contribution in [0, 0.1) is 5.92 Å². The molecule has 1 aromatic rings. The van der Waals surface area contributed by atoms with Crippen molar-refractivity contribution in [1.29, 1.82) is 0 Å². The smallest absolute Gasteiger partial charge is 0.319 e. The van der Waals surface area contributed by atoms with E-state index in [4.69, 9.17) is 0 Å². The van der Waals surface area contributed by atoms with Crippen LogP contribution >= 0.6 is 0 Å². The number of likely N-dealkylation sites (tertiary alicyclic amines) is 1. The van der Waals surface area contributed by atoms with E-state index in [1.165, 1.54) is 24.8 Å². The molecule has 3 rings (SSSR count). The zero-order valence-electron chi connectivity index (χ0n) is 16.3. The molecule has 0 aromatic heterocycles. The standard InChI is InChI=1S/C22H31N3O2/c1-17-12-15-25(16-13-17)21(26)19-7-9-20(10-8-19)24-22(27)23-14-11-18-5-3-2-4-6-18/h5,7-10,17H,2-4,6,11-16H2,1H3,(H2,23,24,27). The fourth-order valence-electron chi connectivity index (χ4n) is 3.73. The van der Waals surface area contributed by atoms with Gasteiger partial charge in [0.2, 0.25) is 0 Å². The Hall–Kier alpha value is -2.30. The number of anilines is 1. The number of hydrogen-bond donors (Lipinski definition) is 2. The molecular formula is C22H31N3O2. The van der Waals surface area contributed by atoms with Crippen LogP contribution in [0.5, 0.6) is 0 Å². The Morgan fingerprint density at radius 2 is 1.85 bits per heavy atom. The van der Waals surface area contributed by atoms with Crippen LogP contribution < -0.4 is 10.6 Å². The minimum atomic E-state index is -0.199. The SMILES string of the molecule is CC1CCN(C(=O)c2ccc(NC(=O)NCCC3=CCCCC3)cc2)CC1. The molecule has 5 nitrogen and oxygen atoms in total. The second kappa shape index (κ2) is 9.58. The van der Waals surface area contributed by atoms with Gasteiger partial charge in [-0.1, -0.05) is 18.6 Å². The highest BCUT2D eigenvalue weighted by Gasteiger charge is 2.21. The van der Waals surface area contributed by atoms with E-state index in [0.717, 1.165) is 38.8 Å². The van der Waals surface area contributed by atoms with Crippen molar-refractivity contribution < 1.29 is 9.59 Å². The average molecular weight is 370 g/mol. The lowest BCUT2D eigenvalue weighted by molar-refractivity contribution is 0.0697. The van der Waals surface area contributed by atoms with Gasteiger partial charge in [-0.25, -0.2) is 4.79 Å². The first-order chi connectivity index (χ1) is 13.1. The Morgan fingerprint density at radius 3 is 2.52 bits per heavy atom. The number of hydrogen-bond acceptors (Lipinski definition) is 2. The zero-order valence-corrected chi connectivity index (χ0v) is 16.3. The third-order valence-electron chi connectivity index (χ3n) is 5.58. The minimum absolute atomic E-state index is 0.0821. The van der Waals surface area contributed by atoms with Gasteiger partial charge in [0.15, 0.2) is 0 Å². The lowest BCUT2D eigenvalue weighted by Gasteiger charge is -2.30. The van der Waals surface area contributed by atoms with E-state index in [1.807, 2.05) is 4.90 Å². The largest absolute Gasteiger partial charge is 0.339 e. The van der Waals surface area contributed by atoms with E-state index >= 15 is 0 Å². The molecular weight excluding hydrogens is 338 g/mol. The summed E-state index contributed by atoms with van der Waals surface area (Å²) < 4.78 is 0. The van der Waals surface area contributed by atoms with Crippen LogP contribution in [0.25, 0.3) is 0 Å². The fraction of sp³-hybridized carbons (Fsp3) is 0.545. The molecule has 3 amide bonds. The minimum Gasteiger partial charge on any atom is -0.339 e. The maximum absolute atomic E-state index is 12.6. The van der Waals surface area contributed by atoms with E-state index in [2.05, 4.69) is 23.6 Å². The summed E-state index contributed by atoms with van der Waals surface area (Å²) in [4.78, 5) is 26.5. The second-order valence-corrected chi connectivity index (χ2v) is 7.79. The van der Waals surface area contributed by atoms with E-state index in [1.54, 1.807) is 24.3 Å². The molecule has 1 saturated heterocycles. The molecule has 1 aliphatic carbocycles. The number of nitrogens with one attached hydrogen (secondary N) is 2. The Kier molecular flexibility index (Phi) is 6.91. The van der Waals surface area contributed by atoms with Gasteiger partial charge in [0.1, 0.15) is 0 Å². The molecule has 1 aromatic carbocycles. The summed E-state index contributed by atoms with van der Waals surface area (Å²) in [5.74, 6) is 0.784. The Bertz CT molecular complexity index is 673. The molecule has 0 bridgehead atoms. The summed E-state index contributed by atoms with van der Waals surface area (Å²) in [6, 6.07) is 6.98. The Labute approximate surface area is 162 Å². The highest BCUT2D eigenvalue weighted by molar-refractivity contribution is 5.95. The Morgan fingerprint density at radius 1 is 1.11 bits per heavy atom. The van der Waals surface area contributed by atoms with Gasteiger partial charge in [-0.2, -0.15) is 0 Å². The van der Waals surface area contributed by atoms with Crippen LogP contribution in [0.2, 0.25) is 0 Å². The van der Waals surface area contributed by atoms with Crippen LogP contribution in [0.4, 0.5) is 10.5 Å². The van der Waals surface area contributed by atoms with Gasteiger partial charge in [-0.15, -0.1) is 0 Å². The van der Waals surface area contributed by atoms with E-state index in [-0.39, 0.29) is 11.9 Å². The van der Waals surface area contributed by atoms with Crippen molar-refractivity contribution in [1.82, 2.24) is 10.2 Å². The van der Waals surface area contributed by atoms with Gasteiger partial charge < -0.3 is 15.5 Å². The predicted octanol–water partition coefficient (Wildman–Crippen LogP) is 4.57. The molecule has 1 heterocycles. The van der Waals surface area contributed by atoms with Gasteiger partial charge in [-0.05, 0) is 75.1 Å². The molecule has 1 aliphatic heterocycles. The number of nitrogens with zero attached hydrogens (tertiary/aromatic N) is 1. The number of carbonyl (C=O) groups is 2. The summed E-state index contributed by atoms with van der Waals surface area (Å²) in [6.45, 7) is 4.55. The van der Waals surface area contributed by atoms with Gasteiger partial charge in [0.25, 0.3) is 5.91 Å². The van der Waals surface area contributed by atoms with Crippen molar-refractivity contribution in [2.75, 3.05) is 25.0 Å². The summed E-state index contributed by atoms with van der Waals surface area (Å²) in [6.07, 6.45) is 10.3. The lowest BCUT2D eigenvalue weighted by atomic mass is 9.97. The third kappa shape index (κ3) is 5.84. The molecule has 1 fully saturated rings. The number of urea groups is 1. The van der Waals surface area contributed by atoms with Crippen molar-refractivity contribution in [3.63, 3.8) is 0 Å². The van der Waals surface area contributed by atoms with Crippen LogP contribution in [0.1, 0.15) is 62.2 Å². The highest BCUT2D eigenvalue weighted by atomic mass is 16.2. The van der Waals surface area contributed by atoms with Crippen LogP contribution in [0.3, 0.4) is 0 Å². The maximum Gasteiger partial charge on any atom is 0.319 e. The average Bonchev–Trinajstić information content (AvgIpc) is 2.69. The normalized spacial score (nSPS) is 18.0. The van der Waals surface area contributed by atoms with Crippen molar-refractivity contribution in [2.24, 2.45) is 5.92 Å². The molecule has 0 atom stereocenters. The van der Waals surface area contributed by atoms with Gasteiger partial charge in [0.05, 0.1) is 0 Å². The molecule has 0 unspecified atom stereocenters. The number of benzene rings is 1. The summed E-state index contributed by atoms with van der Waals surface area (Å²) >= 11 is 0. The van der Waals surface area contributed by atoms with Crippen molar-refractivity contribution >= 4 is 17.6 Å². The number of piperidine rings is 1. The van der Waals surface area contributed by atoms with Crippen molar-refractivity contribution in [3.05, 3.63) is 41.5 Å². The molecule has 5 heteroatoms. The van der Waals surface area contributed by atoms with E-state index in [9.17, 15) is 9.59 Å². The maximum atomic E-state index is 12.6. The van der Waals surface area contributed by atoms with Gasteiger partial charge >= 0.3 is 6.03 Å². The number of amides is 3. The number of rotatable bonds is 5. The van der Waals surface area contributed by atoms with E-state index in [0.29, 0.717) is 23.7 Å². The first-order valence-electron chi connectivity index (χ1n) is 10.2. The molecule has 0 saturated carbocycles. The van der Waals surface area contributed by atoms with Crippen LogP contribution in [-0.4, -0.2) is 36.5 Å². The predicted molar refractivity (Wildman–Crippen MR) is 109 cm³/mol. The number of allylic oxidation sites excluding steroid dienone is 1. The van der Waals surface area contributed by atoms with Gasteiger partial charge in [0, 0.05) is 30.9 Å². The fourth-order valence-corrected chi connectivity index (χ4v) is 3.73. The monoisotopic (exact) mass is 369 g/mol. The zero-order chi connectivity index (χ0) is 19.1. The van der Waals surface area contributed by atoms with Gasteiger partial charge in [-0.3, -0.25) is 4.79 Å². The second-order valence-electron chi connectivity index (χ2n) is 7.79. The molecule has 0 spiro atoms. The molecule has 27 heavy (non-hydrogen) atoms. The summed E-state index contributed by atoms with van der Waals surface area (Å²) in [5, 5.41) is 5.74. The highest BCUT2D eigenvalue weighted by Crippen LogP contribution is 2.20. The topological polar surface area (TPSA) is 61.4 Å². The van der Waals surface area contributed by atoms with Crippen molar-refractivity contribution in [3.8, 4) is 0 Å². The van der Waals surface area contributed by atoms with E-state index < -0.39 is 0 Å². The summed E-state index contributed by atoms with van der Waals surface area (Å²) in [7, 11) is 0. The number of carbonyl (C=O) groups excluding carboxylic acids is 2. The first kappa shape index (κ1) is 19.5. The van der Waals surface area contributed by atoms with Crippen LogP contribution in [-0.2, 0) is 0 Å². The molecule has 2 aliphatic rings. The van der Waals surface area contributed by atoms with Crippen molar-refractivity contribution in [2.45, 2.75) is 51.9 Å². The molecule has 146 valence electrons. The third-order valence-corrected chi connectivity index (χ3v) is 5.58. The first-order valence-corrected chi connectivity index (χ1v) is 10.2. The molecule has 2 N–H and O–H groups in total.